The van der Waals surface area contributed by atoms with E-state index in [1.54, 1.807) is 6.07 Å². The van der Waals surface area contributed by atoms with E-state index in [4.69, 9.17) is 0 Å². The van der Waals surface area contributed by atoms with Crippen LogP contribution in [0.3, 0.4) is 0 Å². The Balaban J connectivity index is 2.73. The lowest BCUT2D eigenvalue weighted by Gasteiger charge is -2.16. The summed E-state index contributed by atoms with van der Waals surface area (Å²) in [6.07, 6.45) is 0.576. The molecule has 1 heterocycles. The van der Waals surface area contributed by atoms with Gasteiger partial charge in [0.2, 0.25) is 0 Å². The molecular formula is C10H13NO3S. The maximum absolute atomic E-state index is 10.3. The minimum Gasteiger partial charge on any atom is -0.390 e. The molecule has 0 fully saturated rings. The number of hydrogen-bond acceptors (Lipinski definition) is 5. The number of rotatable bonds is 5. The minimum absolute atomic E-state index is 0.301. The summed E-state index contributed by atoms with van der Waals surface area (Å²) in [4.78, 5) is 14.1. The number of aromatic nitrogens is 1. The van der Waals surface area contributed by atoms with Gasteiger partial charge >= 0.3 is 0 Å². The van der Waals surface area contributed by atoms with Gasteiger partial charge in [-0.1, -0.05) is 6.07 Å². The summed E-state index contributed by atoms with van der Waals surface area (Å²) in [6.45, 7) is 0. The highest BCUT2D eigenvalue weighted by molar-refractivity contribution is 7.80. The second-order valence-corrected chi connectivity index (χ2v) is 3.61. The fraction of sp³-hybridized carbons (Fsp3) is 0.400. The zero-order chi connectivity index (χ0) is 11.3. The molecule has 0 radical (unpaired) electrons. The van der Waals surface area contributed by atoms with E-state index in [2.05, 4.69) is 17.6 Å². The molecule has 2 N–H and O–H groups in total. The Bertz CT molecular complexity index is 315. The second kappa shape index (κ2) is 5.85. The number of carbonyl (C=O) groups excluding carboxylic acids is 1. The van der Waals surface area contributed by atoms with Crippen LogP contribution in [-0.2, 0) is 0 Å². The Morgan fingerprint density at radius 3 is 2.67 bits per heavy atom. The first-order chi connectivity index (χ1) is 7.19. The Kier molecular flexibility index (Phi) is 4.74. The molecule has 5 heteroatoms. The fourth-order valence-electron chi connectivity index (χ4n) is 1.17. The summed E-state index contributed by atoms with van der Waals surface area (Å²) in [5, 5.41) is 19.2. The summed E-state index contributed by atoms with van der Waals surface area (Å²) >= 11 is 3.97. The molecule has 0 aliphatic heterocycles. The third-order valence-electron chi connectivity index (χ3n) is 2.06. The van der Waals surface area contributed by atoms with Crippen molar-refractivity contribution in [3.8, 4) is 0 Å². The van der Waals surface area contributed by atoms with Crippen molar-refractivity contribution >= 4 is 18.9 Å². The maximum atomic E-state index is 10.3. The van der Waals surface area contributed by atoms with E-state index in [-0.39, 0.29) is 0 Å². The van der Waals surface area contributed by atoms with Gasteiger partial charge in [0, 0.05) is 11.8 Å². The normalized spacial score (nSPS) is 14.6. The van der Waals surface area contributed by atoms with Gasteiger partial charge in [-0.3, -0.25) is 9.78 Å². The van der Waals surface area contributed by atoms with Crippen molar-refractivity contribution in [1.82, 2.24) is 4.98 Å². The van der Waals surface area contributed by atoms with Gasteiger partial charge in [0.1, 0.15) is 11.8 Å². The first kappa shape index (κ1) is 12.2. The van der Waals surface area contributed by atoms with Crippen molar-refractivity contribution < 1.29 is 15.0 Å². The third-order valence-corrected chi connectivity index (χ3v) is 2.32. The standard InChI is InChI=1S/C10H13NO3S/c12-6-8-2-1-7(5-11-8)10(14)9(13)3-4-15/h1-2,5-6,9-10,13-15H,3-4H2. The van der Waals surface area contributed by atoms with Gasteiger partial charge in [0.15, 0.2) is 6.29 Å². The number of aliphatic hydroxyl groups is 2. The molecule has 2 atom stereocenters. The van der Waals surface area contributed by atoms with Gasteiger partial charge in [-0.15, -0.1) is 0 Å². The quantitative estimate of drug-likeness (QED) is 0.509. The molecule has 0 bridgehead atoms. The molecule has 15 heavy (non-hydrogen) atoms. The summed E-state index contributed by atoms with van der Waals surface area (Å²) in [5.41, 5.74) is 0.796. The molecule has 1 rings (SSSR count). The molecule has 82 valence electrons. The molecule has 0 aliphatic rings. The average Bonchev–Trinajstić information content (AvgIpc) is 2.28. The summed E-state index contributed by atoms with van der Waals surface area (Å²) in [5.74, 6) is 0.498. The highest BCUT2D eigenvalue weighted by atomic mass is 32.1. The van der Waals surface area contributed by atoms with Gasteiger partial charge in [0.05, 0.1) is 6.10 Å². The molecule has 0 amide bonds. The fourth-order valence-corrected chi connectivity index (χ4v) is 1.44. The Labute approximate surface area is 93.4 Å². The summed E-state index contributed by atoms with van der Waals surface area (Å²) < 4.78 is 0. The molecule has 1 aromatic heterocycles. The van der Waals surface area contributed by atoms with Gasteiger partial charge in [-0.05, 0) is 18.2 Å². The summed E-state index contributed by atoms with van der Waals surface area (Å²) in [6, 6.07) is 3.07. The van der Waals surface area contributed by atoms with Crippen LogP contribution in [0.15, 0.2) is 18.3 Å². The van der Waals surface area contributed by atoms with Crippen LogP contribution in [0.25, 0.3) is 0 Å². The highest BCUT2D eigenvalue weighted by Crippen LogP contribution is 2.18. The van der Waals surface area contributed by atoms with Gasteiger partial charge in [0.25, 0.3) is 0 Å². The second-order valence-electron chi connectivity index (χ2n) is 3.16. The Hall–Kier alpha value is -0.910. The van der Waals surface area contributed by atoms with Crippen molar-refractivity contribution in [1.29, 1.82) is 0 Å². The van der Waals surface area contributed by atoms with Gasteiger partial charge < -0.3 is 10.2 Å². The number of nitrogens with zero attached hydrogens (tertiary/aromatic N) is 1. The monoisotopic (exact) mass is 227 g/mol. The van der Waals surface area contributed by atoms with Crippen molar-refractivity contribution in [3.05, 3.63) is 29.6 Å². The molecule has 0 spiro atoms. The van der Waals surface area contributed by atoms with Gasteiger partial charge in [-0.2, -0.15) is 12.6 Å². The van der Waals surface area contributed by atoms with E-state index >= 15 is 0 Å². The molecule has 2 unspecified atom stereocenters. The number of aliphatic hydroxyl groups excluding tert-OH is 2. The first-order valence-electron chi connectivity index (χ1n) is 4.57. The smallest absolute Gasteiger partial charge is 0.168 e. The zero-order valence-electron chi connectivity index (χ0n) is 8.08. The van der Waals surface area contributed by atoms with Crippen LogP contribution < -0.4 is 0 Å². The number of thiol groups is 1. The number of carbonyl (C=O) groups is 1. The Morgan fingerprint density at radius 2 is 2.20 bits per heavy atom. The SMILES string of the molecule is O=Cc1ccc(C(O)C(O)CCS)cn1. The van der Waals surface area contributed by atoms with Crippen LogP contribution in [-0.4, -0.2) is 33.3 Å². The van der Waals surface area contributed by atoms with Crippen LogP contribution in [0.1, 0.15) is 28.6 Å². The van der Waals surface area contributed by atoms with E-state index < -0.39 is 12.2 Å². The van der Waals surface area contributed by atoms with Crippen molar-refractivity contribution in [3.63, 3.8) is 0 Å². The highest BCUT2D eigenvalue weighted by Gasteiger charge is 2.17. The number of aldehydes is 1. The van der Waals surface area contributed by atoms with E-state index in [1.807, 2.05) is 0 Å². The molecule has 0 aromatic carbocycles. The lowest BCUT2D eigenvalue weighted by atomic mass is 10.0. The predicted molar refractivity (Wildman–Crippen MR) is 59.1 cm³/mol. The van der Waals surface area contributed by atoms with E-state index in [1.165, 1.54) is 12.3 Å². The van der Waals surface area contributed by atoms with Crippen LogP contribution in [0.5, 0.6) is 0 Å². The number of hydrogen-bond donors (Lipinski definition) is 3. The lowest BCUT2D eigenvalue weighted by Crippen LogP contribution is -2.18. The molecule has 4 nitrogen and oxygen atoms in total. The van der Waals surface area contributed by atoms with Gasteiger partial charge in [-0.25, -0.2) is 0 Å². The van der Waals surface area contributed by atoms with E-state index in [0.717, 1.165) is 0 Å². The molecule has 0 aliphatic carbocycles. The van der Waals surface area contributed by atoms with Crippen LogP contribution in [0.2, 0.25) is 0 Å². The molecule has 0 saturated carbocycles. The van der Waals surface area contributed by atoms with E-state index in [0.29, 0.717) is 29.7 Å². The minimum atomic E-state index is -0.981. The van der Waals surface area contributed by atoms with Crippen molar-refractivity contribution in [2.24, 2.45) is 0 Å². The Morgan fingerprint density at radius 1 is 1.47 bits per heavy atom. The maximum Gasteiger partial charge on any atom is 0.168 e. The predicted octanol–water partition coefficient (Wildman–Crippen LogP) is 0.608. The molecule has 0 saturated heterocycles. The molecular weight excluding hydrogens is 214 g/mol. The topological polar surface area (TPSA) is 70.4 Å². The largest absolute Gasteiger partial charge is 0.390 e. The van der Waals surface area contributed by atoms with E-state index in [9.17, 15) is 15.0 Å². The summed E-state index contributed by atoms with van der Waals surface area (Å²) in [7, 11) is 0. The first-order valence-corrected chi connectivity index (χ1v) is 5.20. The van der Waals surface area contributed by atoms with Crippen LogP contribution in [0, 0.1) is 0 Å². The average molecular weight is 227 g/mol. The van der Waals surface area contributed by atoms with Crippen LogP contribution in [0.4, 0.5) is 0 Å². The van der Waals surface area contributed by atoms with Crippen molar-refractivity contribution in [2.45, 2.75) is 18.6 Å². The molecule has 1 aromatic rings. The lowest BCUT2D eigenvalue weighted by molar-refractivity contribution is 0.0170. The van der Waals surface area contributed by atoms with Crippen LogP contribution >= 0.6 is 12.6 Å². The zero-order valence-corrected chi connectivity index (χ0v) is 8.97. The third kappa shape index (κ3) is 3.30. The number of pyridine rings is 1. The van der Waals surface area contributed by atoms with Crippen molar-refractivity contribution in [2.75, 3.05) is 5.75 Å².